The number of hydrogen-bond acceptors (Lipinski definition) is 3. The lowest BCUT2D eigenvalue weighted by atomic mass is 10.3. The van der Waals surface area contributed by atoms with Crippen LogP contribution in [-0.4, -0.2) is 25.8 Å². The highest BCUT2D eigenvalue weighted by Gasteiger charge is 2.16. The molecule has 0 heterocycles. The van der Waals surface area contributed by atoms with Crippen LogP contribution in [0.3, 0.4) is 0 Å². The summed E-state index contributed by atoms with van der Waals surface area (Å²) >= 11 is 0. The van der Waals surface area contributed by atoms with E-state index in [4.69, 9.17) is 0 Å². The smallest absolute Gasteiger partial charge is 0.239 e. The van der Waals surface area contributed by atoms with Crippen molar-refractivity contribution in [3.8, 4) is 0 Å². The molecular formula is C12H16FNO3S. The van der Waals surface area contributed by atoms with E-state index in [-0.39, 0.29) is 11.4 Å². The summed E-state index contributed by atoms with van der Waals surface area (Å²) in [5.74, 6) is -1.69. The first-order valence-electron chi connectivity index (χ1n) is 5.69. The molecule has 0 bridgehead atoms. The van der Waals surface area contributed by atoms with Crippen LogP contribution in [0.15, 0.2) is 24.3 Å². The van der Waals surface area contributed by atoms with Crippen LogP contribution in [0.5, 0.6) is 0 Å². The van der Waals surface area contributed by atoms with Crippen molar-refractivity contribution in [3.63, 3.8) is 0 Å². The maximum Gasteiger partial charge on any atom is 0.239 e. The second-order valence-corrected chi connectivity index (χ2v) is 6.19. The summed E-state index contributed by atoms with van der Waals surface area (Å²) in [6.07, 6.45) is 1.29. The highest BCUT2D eigenvalue weighted by molar-refractivity contribution is 7.92. The van der Waals surface area contributed by atoms with Gasteiger partial charge in [0.25, 0.3) is 0 Å². The van der Waals surface area contributed by atoms with Gasteiger partial charge in [-0.2, -0.15) is 0 Å². The third-order valence-electron chi connectivity index (χ3n) is 2.27. The Morgan fingerprint density at radius 2 is 2.11 bits per heavy atom. The molecule has 1 rings (SSSR count). The number of nitrogens with one attached hydrogen (secondary N) is 1. The summed E-state index contributed by atoms with van der Waals surface area (Å²) in [5, 5.41) is 2.36. The van der Waals surface area contributed by atoms with Gasteiger partial charge in [0.15, 0.2) is 9.84 Å². The van der Waals surface area contributed by atoms with E-state index in [1.807, 2.05) is 6.92 Å². The fourth-order valence-electron chi connectivity index (χ4n) is 1.40. The van der Waals surface area contributed by atoms with Crippen molar-refractivity contribution in [2.75, 3.05) is 16.8 Å². The Kier molecular flexibility index (Phi) is 5.27. The summed E-state index contributed by atoms with van der Waals surface area (Å²) in [6.45, 7) is 1.88. The molecule has 1 aromatic carbocycles. The average molecular weight is 273 g/mol. The number of hydrogen-bond donors (Lipinski definition) is 1. The highest BCUT2D eigenvalue weighted by atomic mass is 32.2. The number of sulfone groups is 1. The third kappa shape index (κ3) is 5.27. The molecule has 1 N–H and O–H groups in total. The Bertz CT molecular complexity index is 514. The molecule has 1 aromatic rings. The van der Waals surface area contributed by atoms with Crippen molar-refractivity contribution >= 4 is 21.4 Å². The minimum absolute atomic E-state index is 0.0000702. The predicted octanol–water partition coefficient (Wildman–Crippen LogP) is 1.98. The fourth-order valence-corrected chi connectivity index (χ4v) is 2.74. The second kappa shape index (κ2) is 6.49. The van der Waals surface area contributed by atoms with Crippen molar-refractivity contribution in [3.05, 3.63) is 30.1 Å². The van der Waals surface area contributed by atoms with Gasteiger partial charge in [-0.25, -0.2) is 12.8 Å². The van der Waals surface area contributed by atoms with Gasteiger partial charge in [0.05, 0.1) is 5.75 Å². The highest BCUT2D eigenvalue weighted by Crippen LogP contribution is 2.09. The molecule has 100 valence electrons. The van der Waals surface area contributed by atoms with Crippen LogP contribution < -0.4 is 5.32 Å². The van der Waals surface area contributed by atoms with E-state index in [9.17, 15) is 17.6 Å². The molecule has 4 nitrogen and oxygen atoms in total. The molecule has 0 radical (unpaired) electrons. The number of benzene rings is 1. The van der Waals surface area contributed by atoms with Crippen molar-refractivity contribution in [1.29, 1.82) is 0 Å². The lowest BCUT2D eigenvalue weighted by Gasteiger charge is -2.06. The third-order valence-corrected chi connectivity index (χ3v) is 3.88. The van der Waals surface area contributed by atoms with Gasteiger partial charge >= 0.3 is 0 Å². The summed E-state index contributed by atoms with van der Waals surface area (Å²) in [6, 6.07) is 5.32. The predicted molar refractivity (Wildman–Crippen MR) is 68.6 cm³/mol. The molecule has 0 aromatic heterocycles. The minimum atomic E-state index is -3.38. The van der Waals surface area contributed by atoms with Gasteiger partial charge in [-0.15, -0.1) is 0 Å². The Balaban J connectivity index is 2.57. The zero-order valence-corrected chi connectivity index (χ0v) is 11.0. The van der Waals surface area contributed by atoms with Crippen LogP contribution in [0.4, 0.5) is 10.1 Å². The number of carbonyl (C=O) groups excluding carboxylic acids is 1. The van der Waals surface area contributed by atoms with Crippen molar-refractivity contribution in [1.82, 2.24) is 0 Å². The van der Waals surface area contributed by atoms with Gasteiger partial charge < -0.3 is 5.32 Å². The largest absolute Gasteiger partial charge is 0.325 e. The van der Waals surface area contributed by atoms with Gasteiger partial charge in [-0.05, 0) is 24.6 Å². The standard InChI is InChI=1S/C12H16FNO3S/c1-2-3-7-18(16,17)9-12(15)14-11-6-4-5-10(13)8-11/h4-6,8H,2-3,7,9H2,1H3,(H,14,15). The Labute approximate surface area is 106 Å². The van der Waals surface area contributed by atoms with E-state index in [2.05, 4.69) is 5.32 Å². The van der Waals surface area contributed by atoms with Crippen LogP contribution in [0.1, 0.15) is 19.8 Å². The Morgan fingerprint density at radius 1 is 1.39 bits per heavy atom. The van der Waals surface area contributed by atoms with E-state index in [1.54, 1.807) is 0 Å². The van der Waals surface area contributed by atoms with Crippen LogP contribution in [0.2, 0.25) is 0 Å². The average Bonchev–Trinajstić information content (AvgIpc) is 2.25. The first kappa shape index (κ1) is 14.6. The molecule has 0 fully saturated rings. The number of amides is 1. The monoisotopic (exact) mass is 273 g/mol. The normalized spacial score (nSPS) is 11.2. The zero-order valence-electron chi connectivity index (χ0n) is 10.1. The van der Waals surface area contributed by atoms with Gasteiger partial charge in [0.2, 0.25) is 5.91 Å². The molecule has 18 heavy (non-hydrogen) atoms. The van der Waals surface area contributed by atoms with Crippen LogP contribution >= 0.6 is 0 Å². The molecule has 0 spiro atoms. The number of unbranched alkanes of at least 4 members (excludes halogenated alkanes) is 1. The Morgan fingerprint density at radius 3 is 2.72 bits per heavy atom. The number of carbonyl (C=O) groups is 1. The van der Waals surface area contributed by atoms with Crippen molar-refractivity contribution in [2.45, 2.75) is 19.8 Å². The van der Waals surface area contributed by atoms with Crippen LogP contribution in [0, 0.1) is 5.82 Å². The zero-order chi connectivity index (χ0) is 13.6. The molecular weight excluding hydrogens is 257 g/mol. The molecule has 1 amide bonds. The summed E-state index contributed by atoms with van der Waals surface area (Å²) < 4.78 is 35.9. The first-order valence-corrected chi connectivity index (χ1v) is 7.51. The first-order chi connectivity index (χ1) is 8.43. The SMILES string of the molecule is CCCCS(=O)(=O)CC(=O)Nc1cccc(F)c1. The fraction of sp³-hybridized carbons (Fsp3) is 0.417. The van der Waals surface area contributed by atoms with Crippen molar-refractivity contribution < 1.29 is 17.6 Å². The van der Waals surface area contributed by atoms with E-state index in [1.165, 1.54) is 18.2 Å². The number of rotatable bonds is 6. The molecule has 6 heteroatoms. The topological polar surface area (TPSA) is 63.2 Å². The van der Waals surface area contributed by atoms with Crippen LogP contribution in [0.25, 0.3) is 0 Å². The van der Waals surface area contributed by atoms with E-state index in [0.29, 0.717) is 6.42 Å². The summed E-state index contributed by atoms with van der Waals surface area (Å²) in [7, 11) is -3.38. The van der Waals surface area contributed by atoms with Gasteiger partial charge in [0, 0.05) is 5.69 Å². The lowest BCUT2D eigenvalue weighted by Crippen LogP contribution is -2.24. The molecule has 0 aliphatic rings. The van der Waals surface area contributed by atoms with Crippen molar-refractivity contribution in [2.24, 2.45) is 0 Å². The number of halogens is 1. The molecule has 0 saturated heterocycles. The van der Waals surface area contributed by atoms with Gasteiger partial charge in [-0.1, -0.05) is 19.4 Å². The minimum Gasteiger partial charge on any atom is -0.325 e. The molecule has 0 atom stereocenters. The lowest BCUT2D eigenvalue weighted by molar-refractivity contribution is -0.113. The molecule has 0 saturated carbocycles. The van der Waals surface area contributed by atoms with E-state index >= 15 is 0 Å². The number of anilines is 1. The molecule has 0 unspecified atom stereocenters. The maximum atomic E-state index is 12.9. The van der Waals surface area contributed by atoms with Gasteiger partial charge in [0.1, 0.15) is 11.6 Å². The second-order valence-electron chi connectivity index (χ2n) is 4.00. The molecule has 0 aliphatic carbocycles. The summed E-state index contributed by atoms with van der Waals surface area (Å²) in [4.78, 5) is 11.5. The van der Waals surface area contributed by atoms with E-state index in [0.717, 1.165) is 12.5 Å². The molecule has 0 aliphatic heterocycles. The maximum absolute atomic E-state index is 12.9. The Hall–Kier alpha value is -1.43. The summed E-state index contributed by atoms with van der Waals surface area (Å²) in [5.41, 5.74) is 0.255. The van der Waals surface area contributed by atoms with Crippen LogP contribution in [-0.2, 0) is 14.6 Å². The quantitative estimate of drug-likeness (QED) is 0.862. The van der Waals surface area contributed by atoms with Gasteiger partial charge in [-0.3, -0.25) is 4.79 Å². The van der Waals surface area contributed by atoms with E-state index < -0.39 is 27.3 Å².